The molecule has 0 bridgehead atoms. The molecular formula is C5H4BF3. The van der Waals surface area contributed by atoms with E-state index in [1.54, 1.807) is 0 Å². The first-order valence-electron chi connectivity index (χ1n) is 2.51. The average molecular weight is 132 g/mol. The summed E-state index contributed by atoms with van der Waals surface area (Å²) in [6.07, 6.45) is 2.95. The highest BCUT2D eigenvalue weighted by Crippen LogP contribution is 2.23. The Morgan fingerprint density at radius 3 is 2.22 bits per heavy atom. The molecule has 0 amide bonds. The summed E-state index contributed by atoms with van der Waals surface area (Å²) in [4.78, 5) is 0. The minimum absolute atomic E-state index is 0.553. The molecule has 1 aliphatic heterocycles. The van der Waals surface area contributed by atoms with Crippen LogP contribution < -0.4 is 0 Å². The van der Waals surface area contributed by atoms with Crippen molar-refractivity contribution in [1.29, 1.82) is 0 Å². The van der Waals surface area contributed by atoms with Crippen LogP contribution in [-0.4, -0.2) is 12.8 Å². The SMILES string of the molecule is FB1C=CC=CC1(F)F. The van der Waals surface area contributed by atoms with Gasteiger partial charge in [-0.3, -0.25) is 0 Å². The van der Waals surface area contributed by atoms with Crippen molar-refractivity contribution in [3.8, 4) is 0 Å². The zero-order valence-electron chi connectivity index (χ0n) is 4.52. The van der Waals surface area contributed by atoms with Crippen LogP contribution in [0.3, 0.4) is 0 Å². The predicted octanol–water partition coefficient (Wildman–Crippen LogP) is 1.79. The molecule has 9 heavy (non-hydrogen) atoms. The number of allylic oxidation sites excluding steroid dienone is 3. The highest BCUT2D eigenvalue weighted by Gasteiger charge is 2.41. The van der Waals surface area contributed by atoms with Gasteiger partial charge in [-0.1, -0.05) is 18.1 Å². The van der Waals surface area contributed by atoms with Gasteiger partial charge in [0.15, 0.2) is 0 Å². The maximum atomic E-state index is 12.1. The normalized spacial score (nSPS) is 22.8. The van der Waals surface area contributed by atoms with Gasteiger partial charge in [-0.05, 0) is 6.08 Å². The van der Waals surface area contributed by atoms with Gasteiger partial charge in [0.05, 0.1) is 0 Å². The van der Waals surface area contributed by atoms with Gasteiger partial charge in [0.1, 0.15) is 0 Å². The second-order valence-electron chi connectivity index (χ2n) is 1.82. The zero-order valence-corrected chi connectivity index (χ0v) is 4.52. The van der Waals surface area contributed by atoms with Crippen LogP contribution in [0.4, 0.5) is 13.1 Å². The van der Waals surface area contributed by atoms with Gasteiger partial charge in [-0.25, -0.2) is 8.78 Å². The van der Waals surface area contributed by atoms with Gasteiger partial charge in [0, 0.05) is 0 Å². The van der Waals surface area contributed by atoms with Crippen LogP contribution in [0.5, 0.6) is 0 Å². The molecule has 0 aliphatic carbocycles. The van der Waals surface area contributed by atoms with E-state index in [9.17, 15) is 13.1 Å². The Kier molecular flexibility index (Phi) is 1.39. The van der Waals surface area contributed by atoms with E-state index < -0.39 is 12.8 Å². The van der Waals surface area contributed by atoms with Crippen LogP contribution in [0, 0.1) is 0 Å². The Balaban J connectivity index is 2.78. The molecule has 1 aliphatic rings. The fraction of sp³-hybridized carbons (Fsp3) is 0.200. The number of hydrogen-bond acceptors (Lipinski definition) is 0. The van der Waals surface area contributed by atoms with E-state index in [0.29, 0.717) is 6.08 Å². The Morgan fingerprint density at radius 1 is 1.22 bits per heavy atom. The molecule has 0 aromatic carbocycles. The number of halogens is 3. The molecule has 0 saturated carbocycles. The minimum Gasteiger partial charge on any atom is -0.321 e. The summed E-state index contributed by atoms with van der Waals surface area (Å²) < 4.78 is 36.2. The molecule has 0 aromatic heterocycles. The van der Waals surface area contributed by atoms with Crippen LogP contribution >= 0.6 is 0 Å². The van der Waals surface area contributed by atoms with Crippen LogP contribution in [0.25, 0.3) is 0 Å². The van der Waals surface area contributed by atoms with Gasteiger partial charge < -0.3 is 4.32 Å². The monoisotopic (exact) mass is 132 g/mol. The largest absolute Gasteiger partial charge is 0.455 e. The Labute approximate surface area is 51.2 Å². The van der Waals surface area contributed by atoms with Gasteiger partial charge >= 0.3 is 6.99 Å². The van der Waals surface area contributed by atoms with E-state index in [4.69, 9.17) is 0 Å². The number of alkyl halides is 2. The van der Waals surface area contributed by atoms with Crippen molar-refractivity contribution in [2.24, 2.45) is 0 Å². The van der Waals surface area contributed by atoms with E-state index in [-0.39, 0.29) is 0 Å². The molecule has 0 unspecified atom stereocenters. The lowest BCUT2D eigenvalue weighted by atomic mass is 9.62. The van der Waals surface area contributed by atoms with Crippen molar-refractivity contribution in [1.82, 2.24) is 0 Å². The van der Waals surface area contributed by atoms with Crippen molar-refractivity contribution in [2.75, 3.05) is 0 Å². The van der Waals surface area contributed by atoms with Crippen molar-refractivity contribution >= 4 is 6.99 Å². The molecular weight excluding hydrogens is 128 g/mol. The van der Waals surface area contributed by atoms with Crippen molar-refractivity contribution in [3.63, 3.8) is 0 Å². The lowest BCUT2D eigenvalue weighted by molar-refractivity contribution is 0.134. The lowest BCUT2D eigenvalue weighted by Crippen LogP contribution is -2.31. The van der Waals surface area contributed by atoms with E-state index in [1.165, 1.54) is 6.08 Å². The summed E-state index contributed by atoms with van der Waals surface area (Å²) >= 11 is 0. The molecule has 0 N–H and O–H groups in total. The second-order valence-corrected chi connectivity index (χ2v) is 1.82. The van der Waals surface area contributed by atoms with Crippen LogP contribution in [0.1, 0.15) is 0 Å². The third-order valence-corrected chi connectivity index (χ3v) is 1.08. The van der Waals surface area contributed by atoms with E-state index in [2.05, 4.69) is 0 Å². The Hall–Kier alpha value is -0.665. The van der Waals surface area contributed by atoms with E-state index >= 15 is 0 Å². The van der Waals surface area contributed by atoms with Gasteiger partial charge in [-0.15, -0.1) is 0 Å². The first-order valence-corrected chi connectivity index (χ1v) is 2.51. The first kappa shape index (κ1) is 6.45. The lowest BCUT2D eigenvalue weighted by Gasteiger charge is -2.11. The topological polar surface area (TPSA) is 0 Å². The minimum atomic E-state index is -3.30. The highest BCUT2D eigenvalue weighted by atomic mass is 19.3. The molecule has 4 heteroatoms. The number of hydrogen-bond donors (Lipinski definition) is 0. The fourth-order valence-corrected chi connectivity index (χ4v) is 0.566. The molecule has 0 fully saturated rings. The molecule has 0 aromatic rings. The summed E-state index contributed by atoms with van der Waals surface area (Å²) in [7, 11) is 0. The van der Waals surface area contributed by atoms with Gasteiger partial charge in [-0.2, -0.15) is 0 Å². The maximum Gasteiger partial charge on any atom is 0.455 e. The summed E-state index contributed by atoms with van der Waals surface area (Å²) in [5.74, 6) is -2.46. The van der Waals surface area contributed by atoms with Crippen LogP contribution in [-0.2, 0) is 0 Å². The molecule has 0 radical (unpaired) electrons. The molecule has 0 atom stereocenters. The third kappa shape index (κ3) is 1.17. The Morgan fingerprint density at radius 2 is 1.89 bits per heavy atom. The summed E-state index contributed by atoms with van der Waals surface area (Å²) in [5, 5.41) is 0. The predicted molar refractivity (Wildman–Crippen MR) is 30.1 cm³/mol. The molecule has 0 nitrogen and oxygen atoms in total. The summed E-state index contributed by atoms with van der Waals surface area (Å²) in [6.45, 7) is -2.15. The zero-order chi connectivity index (χ0) is 6.91. The van der Waals surface area contributed by atoms with Crippen molar-refractivity contribution < 1.29 is 13.1 Å². The molecule has 0 spiro atoms. The molecule has 0 saturated heterocycles. The van der Waals surface area contributed by atoms with E-state index in [1.807, 2.05) is 0 Å². The first-order chi connectivity index (χ1) is 4.13. The van der Waals surface area contributed by atoms with Crippen LogP contribution in [0.15, 0.2) is 24.2 Å². The molecule has 1 rings (SSSR count). The summed E-state index contributed by atoms with van der Waals surface area (Å²) in [6, 6.07) is 0. The second kappa shape index (κ2) is 1.93. The van der Waals surface area contributed by atoms with Crippen molar-refractivity contribution in [3.05, 3.63) is 24.2 Å². The van der Waals surface area contributed by atoms with Gasteiger partial charge in [0.2, 0.25) is 0 Å². The molecule has 1 heterocycles. The quantitative estimate of drug-likeness (QED) is 0.440. The van der Waals surface area contributed by atoms with Gasteiger partial charge in [0.25, 0.3) is 5.82 Å². The Bertz CT molecular complexity index is 162. The van der Waals surface area contributed by atoms with Crippen molar-refractivity contribution in [2.45, 2.75) is 5.82 Å². The molecule has 48 valence electrons. The summed E-state index contributed by atoms with van der Waals surface area (Å²) in [5.41, 5.74) is 0. The smallest absolute Gasteiger partial charge is 0.321 e. The van der Waals surface area contributed by atoms with Crippen LogP contribution in [0.2, 0.25) is 0 Å². The standard InChI is InChI=1S/C5H4BF3/c7-5(8)3-1-2-4-6(5)9/h1-4H. The van der Waals surface area contributed by atoms with E-state index in [0.717, 1.165) is 12.1 Å². The third-order valence-electron chi connectivity index (χ3n) is 1.08. The highest BCUT2D eigenvalue weighted by molar-refractivity contribution is 6.60. The fourth-order valence-electron chi connectivity index (χ4n) is 0.566. The number of rotatable bonds is 0. The maximum absolute atomic E-state index is 12.1. The average Bonchev–Trinajstić information content (AvgIpc) is 1.77.